The van der Waals surface area contributed by atoms with Crippen LogP contribution >= 0.6 is 11.3 Å². The van der Waals surface area contributed by atoms with Gasteiger partial charge in [-0.15, -0.1) is 10.2 Å². The lowest BCUT2D eigenvalue weighted by Gasteiger charge is -2.32. The lowest BCUT2D eigenvalue weighted by Crippen LogP contribution is -2.37. The lowest BCUT2D eigenvalue weighted by molar-refractivity contribution is 0.262. The standard InChI is InChI=1S/C17H23N5O2S/c1-11-7-8-14(24-3)13(10-11)18-15(23)19-16-20-21-17(25-16)22-9-5-4-6-12(22)2/h7-8,10,12H,4-6,9H2,1-3H3,(H2,18,19,20,23)/t12-/m0/s1. The molecular weight excluding hydrogens is 338 g/mol. The minimum Gasteiger partial charge on any atom is -0.495 e. The van der Waals surface area contributed by atoms with E-state index in [-0.39, 0.29) is 6.03 Å². The van der Waals surface area contributed by atoms with E-state index in [9.17, 15) is 4.79 Å². The Bertz CT molecular complexity index is 748. The van der Waals surface area contributed by atoms with E-state index >= 15 is 0 Å². The molecule has 1 aliphatic rings. The van der Waals surface area contributed by atoms with Gasteiger partial charge in [0.05, 0.1) is 12.8 Å². The van der Waals surface area contributed by atoms with Gasteiger partial charge in [-0.2, -0.15) is 0 Å². The molecule has 1 aromatic carbocycles. The van der Waals surface area contributed by atoms with Crippen molar-refractivity contribution in [1.82, 2.24) is 10.2 Å². The number of urea groups is 1. The molecule has 0 bridgehead atoms. The predicted octanol–water partition coefficient (Wildman–Crippen LogP) is 3.88. The summed E-state index contributed by atoms with van der Waals surface area (Å²) in [4.78, 5) is 14.5. The molecule has 2 aromatic rings. The molecule has 1 fully saturated rings. The van der Waals surface area contributed by atoms with Crippen LogP contribution in [0, 0.1) is 6.92 Å². The average molecular weight is 361 g/mol. The SMILES string of the molecule is COc1ccc(C)cc1NC(=O)Nc1nnc(N2CCCC[C@@H]2C)s1. The zero-order chi connectivity index (χ0) is 17.8. The van der Waals surface area contributed by atoms with Crippen molar-refractivity contribution in [3.63, 3.8) is 0 Å². The van der Waals surface area contributed by atoms with Crippen LogP contribution in [-0.4, -0.2) is 35.9 Å². The lowest BCUT2D eigenvalue weighted by atomic mass is 10.1. The molecular formula is C17H23N5O2S. The molecule has 0 spiro atoms. The first-order chi connectivity index (χ1) is 12.1. The first kappa shape index (κ1) is 17.5. The Morgan fingerprint density at radius 1 is 1.32 bits per heavy atom. The van der Waals surface area contributed by atoms with Gasteiger partial charge < -0.3 is 15.0 Å². The number of amides is 2. The summed E-state index contributed by atoms with van der Waals surface area (Å²) < 4.78 is 5.27. The molecule has 2 heterocycles. The van der Waals surface area contributed by atoms with Crippen molar-refractivity contribution in [2.75, 3.05) is 29.2 Å². The number of hydrogen-bond acceptors (Lipinski definition) is 6. The molecule has 25 heavy (non-hydrogen) atoms. The number of anilines is 3. The second kappa shape index (κ2) is 7.69. The Hall–Kier alpha value is -2.35. The highest BCUT2D eigenvalue weighted by molar-refractivity contribution is 7.19. The maximum atomic E-state index is 12.3. The van der Waals surface area contributed by atoms with E-state index in [2.05, 4.69) is 32.7 Å². The fourth-order valence-corrected chi connectivity index (χ4v) is 3.80. The van der Waals surface area contributed by atoms with Gasteiger partial charge in [0.15, 0.2) is 0 Å². The monoisotopic (exact) mass is 361 g/mol. The molecule has 2 amide bonds. The Labute approximate surface area is 151 Å². The van der Waals surface area contributed by atoms with Gasteiger partial charge in [0.1, 0.15) is 5.75 Å². The summed E-state index contributed by atoms with van der Waals surface area (Å²) in [5.74, 6) is 0.612. The fourth-order valence-electron chi connectivity index (χ4n) is 2.93. The third-order valence-electron chi connectivity index (χ3n) is 4.29. The van der Waals surface area contributed by atoms with Crippen molar-refractivity contribution < 1.29 is 9.53 Å². The topological polar surface area (TPSA) is 79.4 Å². The van der Waals surface area contributed by atoms with Crippen LogP contribution in [0.3, 0.4) is 0 Å². The summed E-state index contributed by atoms with van der Waals surface area (Å²) in [6.07, 6.45) is 3.58. The highest BCUT2D eigenvalue weighted by atomic mass is 32.1. The molecule has 1 saturated heterocycles. The molecule has 0 aliphatic carbocycles. The molecule has 2 N–H and O–H groups in total. The summed E-state index contributed by atoms with van der Waals surface area (Å²) in [6.45, 7) is 5.15. The van der Waals surface area contributed by atoms with E-state index in [0.717, 1.165) is 23.7 Å². The number of nitrogens with zero attached hydrogens (tertiary/aromatic N) is 3. The highest BCUT2D eigenvalue weighted by Gasteiger charge is 2.22. The van der Waals surface area contributed by atoms with Crippen LogP contribution in [0.15, 0.2) is 18.2 Å². The molecule has 1 aromatic heterocycles. The minimum atomic E-state index is -0.363. The zero-order valence-electron chi connectivity index (χ0n) is 14.7. The van der Waals surface area contributed by atoms with Crippen LogP contribution in [0.5, 0.6) is 5.75 Å². The maximum Gasteiger partial charge on any atom is 0.325 e. The number of aromatic nitrogens is 2. The van der Waals surface area contributed by atoms with Gasteiger partial charge in [-0.1, -0.05) is 17.4 Å². The molecule has 1 aliphatic heterocycles. The number of aryl methyl sites for hydroxylation is 1. The van der Waals surface area contributed by atoms with Crippen LogP contribution in [0.25, 0.3) is 0 Å². The van der Waals surface area contributed by atoms with Gasteiger partial charge in [0.25, 0.3) is 0 Å². The summed E-state index contributed by atoms with van der Waals surface area (Å²) >= 11 is 1.40. The van der Waals surface area contributed by atoms with Crippen LogP contribution in [0.4, 0.5) is 20.7 Å². The van der Waals surface area contributed by atoms with Crippen molar-refractivity contribution in [2.24, 2.45) is 0 Å². The smallest absolute Gasteiger partial charge is 0.325 e. The van der Waals surface area contributed by atoms with Crippen molar-refractivity contribution in [2.45, 2.75) is 39.2 Å². The molecule has 8 heteroatoms. The molecule has 0 unspecified atom stereocenters. The normalized spacial score (nSPS) is 17.2. The second-order valence-corrected chi connectivity index (χ2v) is 7.17. The van der Waals surface area contributed by atoms with Crippen LogP contribution in [0.2, 0.25) is 0 Å². The number of benzene rings is 1. The Balaban J connectivity index is 1.65. The predicted molar refractivity (Wildman–Crippen MR) is 101 cm³/mol. The van der Waals surface area contributed by atoms with E-state index in [0.29, 0.717) is 22.6 Å². The maximum absolute atomic E-state index is 12.3. The van der Waals surface area contributed by atoms with E-state index < -0.39 is 0 Å². The highest BCUT2D eigenvalue weighted by Crippen LogP contribution is 2.30. The quantitative estimate of drug-likeness (QED) is 0.864. The van der Waals surface area contributed by atoms with Crippen molar-refractivity contribution in [3.05, 3.63) is 23.8 Å². The van der Waals surface area contributed by atoms with E-state index in [4.69, 9.17) is 4.74 Å². The Kier molecular flexibility index (Phi) is 5.37. The Morgan fingerprint density at radius 2 is 2.16 bits per heavy atom. The van der Waals surface area contributed by atoms with Crippen molar-refractivity contribution in [1.29, 1.82) is 0 Å². The number of carbonyl (C=O) groups is 1. The first-order valence-corrected chi connectivity index (χ1v) is 9.21. The fraction of sp³-hybridized carbons (Fsp3) is 0.471. The minimum absolute atomic E-state index is 0.363. The van der Waals surface area contributed by atoms with Gasteiger partial charge in [0, 0.05) is 12.6 Å². The van der Waals surface area contributed by atoms with E-state index in [1.807, 2.05) is 25.1 Å². The molecule has 7 nitrogen and oxygen atoms in total. The molecule has 0 saturated carbocycles. The number of ether oxygens (including phenoxy) is 1. The third kappa shape index (κ3) is 4.19. The van der Waals surface area contributed by atoms with Gasteiger partial charge in [0.2, 0.25) is 10.3 Å². The number of carbonyl (C=O) groups excluding carboxylic acids is 1. The van der Waals surface area contributed by atoms with Crippen LogP contribution in [-0.2, 0) is 0 Å². The average Bonchev–Trinajstić information content (AvgIpc) is 3.03. The van der Waals surface area contributed by atoms with Crippen LogP contribution < -0.4 is 20.3 Å². The van der Waals surface area contributed by atoms with Gasteiger partial charge in [-0.25, -0.2) is 4.79 Å². The number of methoxy groups -OCH3 is 1. The number of rotatable bonds is 4. The van der Waals surface area contributed by atoms with Gasteiger partial charge >= 0.3 is 6.03 Å². The molecule has 3 rings (SSSR count). The zero-order valence-corrected chi connectivity index (χ0v) is 15.5. The number of nitrogens with one attached hydrogen (secondary N) is 2. The first-order valence-electron chi connectivity index (χ1n) is 8.39. The van der Waals surface area contributed by atoms with Crippen molar-refractivity contribution >= 4 is 33.3 Å². The summed E-state index contributed by atoms with van der Waals surface area (Å²) in [5.41, 5.74) is 1.66. The van der Waals surface area contributed by atoms with Crippen molar-refractivity contribution in [3.8, 4) is 5.75 Å². The van der Waals surface area contributed by atoms with Gasteiger partial charge in [-0.05, 0) is 50.8 Å². The summed E-state index contributed by atoms with van der Waals surface area (Å²) in [7, 11) is 1.57. The summed E-state index contributed by atoms with van der Waals surface area (Å²) in [5, 5.41) is 15.2. The second-order valence-electron chi connectivity index (χ2n) is 6.21. The largest absolute Gasteiger partial charge is 0.495 e. The molecule has 0 radical (unpaired) electrons. The van der Waals surface area contributed by atoms with Gasteiger partial charge in [-0.3, -0.25) is 5.32 Å². The van der Waals surface area contributed by atoms with Crippen LogP contribution in [0.1, 0.15) is 31.7 Å². The summed E-state index contributed by atoms with van der Waals surface area (Å²) in [6, 6.07) is 5.71. The number of hydrogen-bond donors (Lipinski definition) is 2. The van der Waals surface area contributed by atoms with E-state index in [1.54, 1.807) is 7.11 Å². The Morgan fingerprint density at radius 3 is 2.92 bits per heavy atom. The third-order valence-corrected chi connectivity index (χ3v) is 5.16. The molecule has 134 valence electrons. The number of piperidine rings is 1. The van der Waals surface area contributed by atoms with E-state index in [1.165, 1.54) is 24.2 Å². The molecule has 1 atom stereocenters.